The Balaban J connectivity index is 2.00. The van der Waals surface area contributed by atoms with Crippen molar-refractivity contribution in [2.24, 2.45) is 4.99 Å². The van der Waals surface area contributed by atoms with Crippen molar-refractivity contribution in [2.75, 3.05) is 24.6 Å². The summed E-state index contributed by atoms with van der Waals surface area (Å²) < 4.78 is 90.6. The van der Waals surface area contributed by atoms with Gasteiger partial charge >= 0.3 is 6.18 Å². The van der Waals surface area contributed by atoms with Gasteiger partial charge in [0.05, 0.1) is 32.7 Å². The third kappa shape index (κ3) is 5.11. The van der Waals surface area contributed by atoms with Crippen molar-refractivity contribution in [3.05, 3.63) is 47.0 Å². The number of aliphatic imine (C=N–C) groups is 1. The van der Waals surface area contributed by atoms with Crippen LogP contribution < -0.4 is 0 Å². The molecule has 1 heterocycles. The highest BCUT2D eigenvalue weighted by atomic mass is 35.5. The van der Waals surface area contributed by atoms with Gasteiger partial charge in [-0.1, -0.05) is 23.7 Å². The highest BCUT2D eigenvalue weighted by molar-refractivity contribution is 7.92. The van der Waals surface area contributed by atoms with E-state index < -0.39 is 31.6 Å². The predicted octanol–water partition coefficient (Wildman–Crippen LogP) is 4.17. The van der Waals surface area contributed by atoms with E-state index in [2.05, 4.69) is 4.99 Å². The van der Waals surface area contributed by atoms with Crippen molar-refractivity contribution < 1.29 is 30.0 Å². The summed E-state index contributed by atoms with van der Waals surface area (Å²) in [7, 11) is -7.25. The van der Waals surface area contributed by atoms with E-state index in [1.165, 1.54) is 36.5 Å². The van der Waals surface area contributed by atoms with Gasteiger partial charge in [0.1, 0.15) is 0 Å². The molecule has 168 valence electrons. The Morgan fingerprint density at radius 1 is 1.10 bits per heavy atom. The fraction of sp³-hybridized carbons (Fsp3) is 0.316. The van der Waals surface area contributed by atoms with Gasteiger partial charge in [-0.15, -0.1) is 0 Å². The number of sulfone groups is 1. The summed E-state index contributed by atoms with van der Waals surface area (Å²) in [6.45, 7) is 1.22. The molecule has 31 heavy (non-hydrogen) atoms. The standard InChI is InChI=1S/C19H18ClF3N2O4S2/c1-2-24-14-11-16(19(21,22)23)18(17(20)12-14)13-3-5-15(6-4-13)31(28,29)25-7-9-30(26,27)10-8-25/h2-6,11-12H,7-10H2,1H3/b24-2-. The van der Waals surface area contributed by atoms with Gasteiger partial charge in [0.25, 0.3) is 0 Å². The molecule has 12 heteroatoms. The maximum absolute atomic E-state index is 13.6. The van der Waals surface area contributed by atoms with Gasteiger partial charge in [0, 0.05) is 24.9 Å². The summed E-state index contributed by atoms with van der Waals surface area (Å²) in [6, 6.07) is 7.02. The summed E-state index contributed by atoms with van der Waals surface area (Å²) in [4.78, 5) is 3.70. The number of benzene rings is 2. The van der Waals surface area contributed by atoms with Crippen LogP contribution in [-0.4, -0.2) is 52.0 Å². The molecule has 0 bridgehead atoms. The second kappa shape index (κ2) is 8.53. The topological polar surface area (TPSA) is 83.9 Å². The number of hydrogen-bond acceptors (Lipinski definition) is 5. The first-order valence-electron chi connectivity index (χ1n) is 9.05. The van der Waals surface area contributed by atoms with Gasteiger partial charge in [-0.25, -0.2) is 16.8 Å². The smallest absolute Gasteiger partial charge is 0.261 e. The van der Waals surface area contributed by atoms with Crippen LogP contribution >= 0.6 is 11.6 Å². The first-order valence-corrected chi connectivity index (χ1v) is 12.7. The van der Waals surface area contributed by atoms with Crippen molar-refractivity contribution in [3.63, 3.8) is 0 Å². The van der Waals surface area contributed by atoms with Gasteiger partial charge < -0.3 is 0 Å². The predicted molar refractivity (Wildman–Crippen MR) is 113 cm³/mol. The number of halogens is 4. The summed E-state index contributed by atoms with van der Waals surface area (Å²) in [6.07, 6.45) is -3.36. The maximum atomic E-state index is 13.6. The van der Waals surface area contributed by atoms with Crippen LogP contribution in [0.15, 0.2) is 46.3 Å². The highest BCUT2D eigenvalue weighted by Gasteiger charge is 2.36. The molecule has 0 spiro atoms. The van der Waals surface area contributed by atoms with Crippen LogP contribution in [0, 0.1) is 0 Å². The largest absolute Gasteiger partial charge is 0.417 e. The molecule has 0 unspecified atom stereocenters. The van der Waals surface area contributed by atoms with Crippen LogP contribution in [0.2, 0.25) is 5.02 Å². The molecule has 1 saturated heterocycles. The molecule has 0 radical (unpaired) electrons. The average Bonchev–Trinajstić information content (AvgIpc) is 2.67. The third-order valence-corrected chi connectivity index (χ3v) is 8.56. The van der Waals surface area contributed by atoms with Crippen LogP contribution in [0.25, 0.3) is 11.1 Å². The van der Waals surface area contributed by atoms with Crippen LogP contribution in [0.1, 0.15) is 12.5 Å². The first-order chi connectivity index (χ1) is 14.3. The summed E-state index contributed by atoms with van der Waals surface area (Å²) in [5.74, 6) is -0.553. The van der Waals surface area contributed by atoms with Crippen LogP contribution in [0.5, 0.6) is 0 Å². The minimum absolute atomic E-state index is 0.0443. The lowest BCUT2D eigenvalue weighted by atomic mass is 9.98. The molecule has 1 fully saturated rings. The Bertz CT molecular complexity index is 1210. The second-order valence-corrected chi connectivity index (χ2v) is 11.5. The quantitative estimate of drug-likeness (QED) is 0.597. The van der Waals surface area contributed by atoms with E-state index in [1.54, 1.807) is 6.92 Å². The van der Waals surface area contributed by atoms with Gasteiger partial charge in [-0.3, -0.25) is 4.99 Å². The third-order valence-electron chi connectivity index (χ3n) is 4.74. The Kier molecular flexibility index (Phi) is 6.52. The molecule has 0 aliphatic carbocycles. The van der Waals surface area contributed by atoms with Crippen molar-refractivity contribution in [1.29, 1.82) is 0 Å². The zero-order valence-corrected chi connectivity index (χ0v) is 18.6. The molecule has 2 aromatic rings. The summed E-state index contributed by atoms with van der Waals surface area (Å²) in [5, 5.41) is -0.174. The average molecular weight is 495 g/mol. The lowest BCUT2D eigenvalue weighted by molar-refractivity contribution is -0.137. The van der Waals surface area contributed by atoms with Crippen molar-refractivity contribution in [1.82, 2.24) is 4.31 Å². The zero-order chi connectivity index (χ0) is 23.0. The second-order valence-electron chi connectivity index (χ2n) is 6.82. The van der Waals surface area contributed by atoms with Crippen LogP contribution in [0.3, 0.4) is 0 Å². The van der Waals surface area contributed by atoms with E-state index in [9.17, 15) is 30.0 Å². The van der Waals surface area contributed by atoms with Gasteiger partial charge in [0.2, 0.25) is 10.0 Å². The van der Waals surface area contributed by atoms with Gasteiger partial charge in [0.15, 0.2) is 9.84 Å². The van der Waals surface area contributed by atoms with Crippen molar-refractivity contribution >= 4 is 43.4 Å². The molecule has 0 amide bonds. The van der Waals surface area contributed by atoms with E-state index in [4.69, 9.17) is 11.6 Å². The molecule has 2 aromatic carbocycles. The van der Waals surface area contributed by atoms with E-state index in [1.807, 2.05) is 0 Å². The highest BCUT2D eigenvalue weighted by Crippen LogP contribution is 2.43. The fourth-order valence-corrected chi connectivity index (χ4v) is 6.41. The zero-order valence-electron chi connectivity index (χ0n) is 16.2. The molecule has 0 N–H and O–H groups in total. The SMILES string of the molecule is C/C=N\c1cc(Cl)c(-c2ccc(S(=O)(=O)N3CCS(=O)(=O)CC3)cc2)c(C(F)(F)F)c1. The minimum Gasteiger partial charge on any atom is -0.261 e. The summed E-state index contributed by atoms with van der Waals surface area (Å²) >= 11 is 6.13. The summed E-state index contributed by atoms with van der Waals surface area (Å²) in [5.41, 5.74) is -1.14. The molecule has 0 aromatic heterocycles. The monoisotopic (exact) mass is 494 g/mol. The Morgan fingerprint density at radius 3 is 2.19 bits per heavy atom. The van der Waals surface area contributed by atoms with Crippen molar-refractivity contribution in [3.8, 4) is 11.1 Å². The van der Waals surface area contributed by atoms with E-state index in [0.717, 1.165) is 10.4 Å². The first kappa shape index (κ1) is 23.7. The Hall–Kier alpha value is -1.95. The van der Waals surface area contributed by atoms with Crippen LogP contribution in [0.4, 0.5) is 18.9 Å². The van der Waals surface area contributed by atoms with Gasteiger partial charge in [-0.05, 0) is 36.8 Å². The van der Waals surface area contributed by atoms with Crippen molar-refractivity contribution in [2.45, 2.75) is 18.0 Å². The molecular formula is C19H18ClF3N2O4S2. The molecule has 0 atom stereocenters. The van der Waals surface area contributed by atoms with Gasteiger partial charge in [-0.2, -0.15) is 17.5 Å². The Morgan fingerprint density at radius 2 is 1.68 bits per heavy atom. The number of hydrogen-bond donors (Lipinski definition) is 0. The normalized spacial score (nSPS) is 17.8. The van der Waals surface area contributed by atoms with E-state index >= 15 is 0 Å². The molecule has 3 rings (SSSR count). The number of nitrogens with zero attached hydrogens (tertiary/aromatic N) is 2. The van der Waals surface area contributed by atoms with E-state index in [0.29, 0.717) is 0 Å². The molecular weight excluding hydrogens is 477 g/mol. The lowest BCUT2D eigenvalue weighted by Gasteiger charge is -2.26. The number of rotatable bonds is 4. The lowest BCUT2D eigenvalue weighted by Crippen LogP contribution is -2.43. The Labute approximate surface area is 183 Å². The number of alkyl halides is 3. The van der Waals surface area contributed by atoms with E-state index in [-0.39, 0.29) is 51.3 Å². The molecule has 1 aliphatic rings. The number of sulfonamides is 1. The maximum Gasteiger partial charge on any atom is 0.417 e. The molecule has 1 aliphatic heterocycles. The molecule has 0 saturated carbocycles. The minimum atomic E-state index is -4.71. The fourth-order valence-electron chi connectivity index (χ4n) is 3.21. The molecule has 6 nitrogen and oxygen atoms in total. The van der Waals surface area contributed by atoms with Crippen LogP contribution in [-0.2, 0) is 26.0 Å².